The minimum absolute atomic E-state index is 0.0134. The number of fused-ring (bicyclic) bond motifs is 2. The molecule has 0 fully saturated rings. The molecule has 3 rings (SSSR count). The van der Waals surface area contributed by atoms with Gasteiger partial charge in [-0.1, -0.05) is 36.4 Å². The van der Waals surface area contributed by atoms with E-state index < -0.39 is 0 Å². The van der Waals surface area contributed by atoms with Crippen LogP contribution in [0.3, 0.4) is 0 Å². The Balaban J connectivity index is 1.99. The van der Waals surface area contributed by atoms with Crippen LogP contribution in [0.4, 0.5) is 0 Å². The topological polar surface area (TPSA) is 15.6 Å². The van der Waals surface area contributed by atoms with Crippen LogP contribution in [0.1, 0.15) is 44.7 Å². The first-order chi connectivity index (χ1) is 9.51. The zero-order chi connectivity index (χ0) is 14.2. The van der Waals surface area contributed by atoms with E-state index in [0.717, 1.165) is 13.0 Å². The molecule has 1 aliphatic carbocycles. The number of aliphatic imine (C=N–C) groups is 1. The summed E-state index contributed by atoms with van der Waals surface area (Å²) >= 11 is 0. The normalized spacial score (nSPS) is 25.6. The molecule has 0 saturated carbocycles. The van der Waals surface area contributed by atoms with Crippen molar-refractivity contribution in [3.05, 3.63) is 47.5 Å². The highest BCUT2D eigenvalue weighted by Gasteiger charge is 2.42. The van der Waals surface area contributed by atoms with Crippen molar-refractivity contribution in [1.82, 2.24) is 4.90 Å². The lowest BCUT2D eigenvalue weighted by Crippen LogP contribution is -2.46. The summed E-state index contributed by atoms with van der Waals surface area (Å²) in [5.41, 5.74) is 3.14. The third-order valence-electron chi connectivity index (χ3n) is 4.39. The molecule has 1 heterocycles. The van der Waals surface area contributed by atoms with Crippen molar-refractivity contribution >= 4 is 6.34 Å². The molecule has 0 radical (unpaired) electrons. The second-order valence-corrected chi connectivity index (χ2v) is 6.93. The molecule has 2 nitrogen and oxygen atoms in total. The molecule has 1 unspecified atom stereocenters. The fraction of sp³-hybridized carbons (Fsp3) is 0.500. The molecule has 1 aromatic rings. The third kappa shape index (κ3) is 2.28. The Bertz CT molecular complexity index is 551. The molecule has 2 aliphatic rings. The van der Waals surface area contributed by atoms with Gasteiger partial charge in [0.25, 0.3) is 0 Å². The summed E-state index contributed by atoms with van der Waals surface area (Å²) in [7, 11) is 0. The largest absolute Gasteiger partial charge is 0.349 e. The maximum atomic E-state index is 4.74. The lowest BCUT2D eigenvalue weighted by molar-refractivity contribution is 0.184. The van der Waals surface area contributed by atoms with Gasteiger partial charge in [0.15, 0.2) is 0 Å². The minimum atomic E-state index is -0.0134. The standard InChI is InChI=1S/C18H24N2/c1-17(2,3)19-14-20-13-7-6-11-18(20)12-10-15-8-4-5-9-16(15)18/h4-9,14H,10-13H2,1-3H3. The Kier molecular flexibility index (Phi) is 3.19. The zero-order valence-electron chi connectivity index (χ0n) is 12.8. The van der Waals surface area contributed by atoms with Crippen molar-refractivity contribution in [3.63, 3.8) is 0 Å². The highest BCUT2D eigenvalue weighted by Crippen LogP contribution is 2.45. The van der Waals surface area contributed by atoms with Crippen LogP contribution in [-0.4, -0.2) is 23.3 Å². The molecule has 0 aromatic heterocycles. The lowest BCUT2D eigenvalue weighted by Gasteiger charge is -2.43. The summed E-state index contributed by atoms with van der Waals surface area (Å²) in [5, 5.41) is 0. The van der Waals surface area contributed by atoms with E-state index in [2.05, 4.69) is 68.4 Å². The summed E-state index contributed by atoms with van der Waals surface area (Å²) < 4.78 is 0. The summed E-state index contributed by atoms with van der Waals surface area (Å²) in [5.74, 6) is 0. The van der Waals surface area contributed by atoms with E-state index >= 15 is 0 Å². The van der Waals surface area contributed by atoms with Gasteiger partial charge in [-0.3, -0.25) is 4.99 Å². The maximum Gasteiger partial charge on any atom is 0.0866 e. The fourth-order valence-corrected chi connectivity index (χ4v) is 3.34. The summed E-state index contributed by atoms with van der Waals surface area (Å²) in [4.78, 5) is 7.19. The van der Waals surface area contributed by atoms with Crippen molar-refractivity contribution in [3.8, 4) is 0 Å². The number of nitrogens with zero attached hydrogens (tertiary/aromatic N) is 2. The van der Waals surface area contributed by atoms with Crippen molar-refractivity contribution in [2.24, 2.45) is 4.99 Å². The first-order valence-electron chi connectivity index (χ1n) is 7.57. The molecule has 20 heavy (non-hydrogen) atoms. The predicted octanol–water partition coefficient (Wildman–Crippen LogP) is 3.92. The van der Waals surface area contributed by atoms with E-state index in [9.17, 15) is 0 Å². The molecule has 0 saturated heterocycles. The quantitative estimate of drug-likeness (QED) is 0.428. The van der Waals surface area contributed by atoms with Gasteiger partial charge in [-0.05, 0) is 51.2 Å². The number of hydrogen-bond acceptors (Lipinski definition) is 1. The van der Waals surface area contributed by atoms with Crippen LogP contribution in [0.25, 0.3) is 0 Å². The number of rotatable bonds is 1. The predicted molar refractivity (Wildman–Crippen MR) is 85.1 cm³/mol. The average molecular weight is 268 g/mol. The van der Waals surface area contributed by atoms with Crippen LogP contribution in [-0.2, 0) is 12.0 Å². The van der Waals surface area contributed by atoms with Gasteiger partial charge in [0.1, 0.15) is 0 Å². The van der Waals surface area contributed by atoms with Gasteiger partial charge in [-0.2, -0.15) is 0 Å². The Labute approximate surface area is 122 Å². The SMILES string of the molecule is CC(C)(C)N=CN1CC=CCC12CCc1ccccc12. The Morgan fingerprint density at radius 1 is 1.20 bits per heavy atom. The summed E-state index contributed by atoms with van der Waals surface area (Å²) in [6, 6.07) is 8.91. The second-order valence-electron chi connectivity index (χ2n) is 6.93. The van der Waals surface area contributed by atoms with Gasteiger partial charge < -0.3 is 4.90 Å². The maximum absolute atomic E-state index is 4.74. The molecule has 0 amide bonds. The molecule has 1 spiro atoms. The lowest BCUT2D eigenvalue weighted by atomic mass is 9.84. The van der Waals surface area contributed by atoms with Gasteiger partial charge in [0.05, 0.1) is 17.4 Å². The van der Waals surface area contributed by atoms with Crippen molar-refractivity contribution < 1.29 is 0 Å². The Morgan fingerprint density at radius 2 is 2.00 bits per heavy atom. The second kappa shape index (κ2) is 4.76. The van der Waals surface area contributed by atoms with Gasteiger partial charge in [-0.25, -0.2) is 0 Å². The van der Waals surface area contributed by atoms with E-state index in [1.54, 1.807) is 0 Å². The fourth-order valence-electron chi connectivity index (χ4n) is 3.34. The molecule has 106 valence electrons. The molecule has 1 aromatic carbocycles. The van der Waals surface area contributed by atoms with Crippen LogP contribution in [0.15, 0.2) is 41.4 Å². The number of hydrogen-bond donors (Lipinski definition) is 0. The van der Waals surface area contributed by atoms with Gasteiger partial charge in [0.2, 0.25) is 0 Å². The van der Waals surface area contributed by atoms with Crippen molar-refractivity contribution in [1.29, 1.82) is 0 Å². The van der Waals surface area contributed by atoms with E-state index in [4.69, 9.17) is 4.99 Å². The first-order valence-corrected chi connectivity index (χ1v) is 7.57. The van der Waals surface area contributed by atoms with E-state index in [-0.39, 0.29) is 11.1 Å². The highest BCUT2D eigenvalue weighted by atomic mass is 15.2. The highest BCUT2D eigenvalue weighted by molar-refractivity contribution is 5.60. The van der Waals surface area contributed by atoms with E-state index in [0.29, 0.717) is 0 Å². The van der Waals surface area contributed by atoms with Crippen molar-refractivity contribution in [2.45, 2.75) is 51.1 Å². The molecule has 0 bridgehead atoms. The van der Waals surface area contributed by atoms with Crippen LogP contribution >= 0.6 is 0 Å². The third-order valence-corrected chi connectivity index (χ3v) is 4.39. The average Bonchev–Trinajstić information content (AvgIpc) is 2.77. The molecule has 2 heteroatoms. The van der Waals surface area contributed by atoms with Crippen LogP contribution in [0, 0.1) is 0 Å². The van der Waals surface area contributed by atoms with Crippen LogP contribution < -0.4 is 0 Å². The van der Waals surface area contributed by atoms with Gasteiger partial charge in [0, 0.05) is 6.54 Å². The van der Waals surface area contributed by atoms with Crippen LogP contribution in [0.5, 0.6) is 0 Å². The van der Waals surface area contributed by atoms with E-state index in [1.807, 2.05) is 0 Å². The summed E-state index contributed by atoms with van der Waals surface area (Å²) in [6.45, 7) is 7.42. The Morgan fingerprint density at radius 3 is 2.80 bits per heavy atom. The molecule has 0 N–H and O–H groups in total. The molecular formula is C18H24N2. The number of aryl methyl sites for hydroxylation is 1. The smallest absolute Gasteiger partial charge is 0.0866 e. The molecule has 1 atom stereocenters. The Hall–Kier alpha value is -1.57. The van der Waals surface area contributed by atoms with Crippen molar-refractivity contribution in [2.75, 3.05) is 6.54 Å². The molecule has 1 aliphatic heterocycles. The number of benzene rings is 1. The monoisotopic (exact) mass is 268 g/mol. The van der Waals surface area contributed by atoms with Gasteiger partial charge >= 0.3 is 0 Å². The van der Waals surface area contributed by atoms with Gasteiger partial charge in [-0.15, -0.1) is 0 Å². The summed E-state index contributed by atoms with van der Waals surface area (Å²) in [6.07, 6.45) is 10.2. The van der Waals surface area contributed by atoms with E-state index in [1.165, 1.54) is 24.0 Å². The van der Waals surface area contributed by atoms with Crippen LogP contribution in [0.2, 0.25) is 0 Å². The first kappa shape index (κ1) is 13.4. The minimum Gasteiger partial charge on any atom is -0.349 e. The zero-order valence-corrected chi connectivity index (χ0v) is 12.8. The molecular weight excluding hydrogens is 244 g/mol.